The molecule has 0 aliphatic carbocycles. The average molecular weight is 1070 g/mol. The molecule has 4 nitrogen and oxygen atoms in total. The monoisotopic (exact) mass is 1070 g/mol. The SMILES string of the molecule is CCCCCCCCCCCCCCCCCCCCCCCOP(=O)(OCCCCCCCCCCCCCCCCCCCCCCC)OCCCCCCCCCCCCCCCCCCCCCCC. The molecular formula is C69H141O4P. The van der Waals surface area contributed by atoms with E-state index in [1.807, 2.05) is 0 Å². The van der Waals surface area contributed by atoms with Crippen LogP contribution in [0.5, 0.6) is 0 Å². The van der Waals surface area contributed by atoms with Crippen molar-refractivity contribution in [1.29, 1.82) is 0 Å². The van der Waals surface area contributed by atoms with Crippen molar-refractivity contribution >= 4 is 7.82 Å². The summed E-state index contributed by atoms with van der Waals surface area (Å²) < 4.78 is 31.7. The summed E-state index contributed by atoms with van der Waals surface area (Å²) in [5.41, 5.74) is 0. The highest BCUT2D eigenvalue weighted by Crippen LogP contribution is 2.50. The predicted octanol–water partition coefficient (Wildman–Crippen LogP) is 26.8. The quantitative estimate of drug-likeness (QED) is 0.0450. The van der Waals surface area contributed by atoms with Crippen molar-refractivity contribution in [2.24, 2.45) is 0 Å². The van der Waals surface area contributed by atoms with E-state index >= 15 is 0 Å². The minimum absolute atomic E-state index is 0.481. The minimum Gasteiger partial charge on any atom is -0.287 e. The molecule has 74 heavy (non-hydrogen) atoms. The van der Waals surface area contributed by atoms with Crippen LogP contribution in [0.15, 0.2) is 0 Å². The zero-order chi connectivity index (χ0) is 53.3. The van der Waals surface area contributed by atoms with E-state index in [0.717, 1.165) is 38.5 Å². The Bertz CT molecular complexity index is 896. The van der Waals surface area contributed by atoms with Gasteiger partial charge in [0.15, 0.2) is 0 Å². The van der Waals surface area contributed by atoms with Crippen molar-refractivity contribution in [2.45, 2.75) is 425 Å². The largest absolute Gasteiger partial charge is 0.474 e. The Morgan fingerprint density at radius 3 is 0.365 bits per heavy atom. The van der Waals surface area contributed by atoms with Crippen LogP contribution < -0.4 is 0 Å². The maximum atomic E-state index is 13.8. The molecule has 0 unspecified atom stereocenters. The van der Waals surface area contributed by atoms with Gasteiger partial charge < -0.3 is 0 Å². The van der Waals surface area contributed by atoms with Crippen molar-refractivity contribution in [2.75, 3.05) is 19.8 Å². The zero-order valence-corrected chi connectivity index (χ0v) is 52.6. The molecule has 0 N–H and O–H groups in total. The first-order valence-electron chi connectivity index (χ1n) is 35.2. The molecule has 446 valence electrons. The Hall–Kier alpha value is 0.110. The van der Waals surface area contributed by atoms with Crippen molar-refractivity contribution in [3.8, 4) is 0 Å². The molecule has 0 aromatic heterocycles. The summed E-state index contributed by atoms with van der Waals surface area (Å²) in [5, 5.41) is 0. The molecule has 0 fully saturated rings. The van der Waals surface area contributed by atoms with Crippen LogP contribution in [-0.4, -0.2) is 19.8 Å². The highest BCUT2D eigenvalue weighted by Gasteiger charge is 2.26. The molecular weight excluding hydrogens is 924 g/mol. The molecule has 0 radical (unpaired) electrons. The smallest absolute Gasteiger partial charge is 0.287 e. The normalized spacial score (nSPS) is 12.0. The fourth-order valence-electron chi connectivity index (χ4n) is 11.2. The van der Waals surface area contributed by atoms with Gasteiger partial charge in [-0.3, -0.25) is 13.6 Å². The molecule has 0 heterocycles. The highest BCUT2D eigenvalue weighted by atomic mass is 31.2. The van der Waals surface area contributed by atoms with Crippen molar-refractivity contribution in [1.82, 2.24) is 0 Å². The van der Waals surface area contributed by atoms with Crippen LogP contribution in [0, 0.1) is 0 Å². The van der Waals surface area contributed by atoms with Crippen LogP contribution in [-0.2, 0) is 18.1 Å². The summed E-state index contributed by atoms with van der Waals surface area (Å²) in [4.78, 5) is 0. The van der Waals surface area contributed by atoms with Gasteiger partial charge >= 0.3 is 7.82 Å². The molecule has 0 aromatic rings. The fraction of sp³-hybridized carbons (Fsp3) is 1.00. The molecule has 0 spiro atoms. The molecule has 0 aliphatic rings. The molecule has 0 rings (SSSR count). The summed E-state index contributed by atoms with van der Waals surface area (Å²) >= 11 is 0. The Labute approximate surface area is 468 Å². The van der Waals surface area contributed by atoms with Crippen LogP contribution in [0.4, 0.5) is 0 Å². The Morgan fingerprint density at radius 1 is 0.162 bits per heavy atom. The molecule has 0 amide bonds. The third-order valence-electron chi connectivity index (χ3n) is 16.5. The number of hydrogen-bond acceptors (Lipinski definition) is 4. The van der Waals surface area contributed by atoms with Gasteiger partial charge in [-0.05, 0) is 19.3 Å². The van der Waals surface area contributed by atoms with E-state index in [1.165, 1.54) is 366 Å². The summed E-state index contributed by atoms with van der Waals surface area (Å²) in [6.07, 6.45) is 86.8. The fourth-order valence-corrected chi connectivity index (χ4v) is 12.5. The van der Waals surface area contributed by atoms with Crippen LogP contribution in [0.3, 0.4) is 0 Å². The van der Waals surface area contributed by atoms with Gasteiger partial charge in [-0.25, -0.2) is 4.57 Å². The molecule has 0 aliphatic heterocycles. The first-order chi connectivity index (χ1) is 36.7. The van der Waals surface area contributed by atoms with Crippen molar-refractivity contribution in [3.63, 3.8) is 0 Å². The van der Waals surface area contributed by atoms with Gasteiger partial charge in [-0.1, -0.05) is 406 Å². The minimum atomic E-state index is -3.51. The third-order valence-corrected chi connectivity index (χ3v) is 18.0. The van der Waals surface area contributed by atoms with E-state index < -0.39 is 7.82 Å². The summed E-state index contributed by atoms with van der Waals surface area (Å²) in [6, 6.07) is 0. The van der Waals surface area contributed by atoms with Gasteiger partial charge in [-0.15, -0.1) is 0 Å². The second kappa shape index (κ2) is 67.4. The Balaban J connectivity index is 4.09. The van der Waals surface area contributed by atoms with Crippen molar-refractivity contribution < 1.29 is 18.1 Å². The molecule has 5 heteroatoms. The van der Waals surface area contributed by atoms with Gasteiger partial charge in [0, 0.05) is 0 Å². The maximum Gasteiger partial charge on any atom is 0.474 e. The van der Waals surface area contributed by atoms with Gasteiger partial charge in [-0.2, -0.15) is 0 Å². The van der Waals surface area contributed by atoms with E-state index in [0.29, 0.717) is 19.8 Å². The highest BCUT2D eigenvalue weighted by molar-refractivity contribution is 7.48. The standard InChI is InChI=1S/C69H141O4P/c1-4-7-10-13-16-19-22-25-28-31-34-37-40-43-46-49-52-55-58-61-64-67-71-74(70,72-68-65-62-59-56-53-50-47-44-41-38-35-32-29-26-23-20-17-14-11-8-5-2)73-69-66-63-60-57-54-51-48-45-42-39-36-33-30-27-24-21-18-15-12-9-6-3/h4-69H2,1-3H3. The van der Waals surface area contributed by atoms with E-state index in [4.69, 9.17) is 13.6 Å². The molecule has 0 saturated heterocycles. The Morgan fingerprint density at radius 2 is 0.257 bits per heavy atom. The average Bonchev–Trinajstić information content (AvgIpc) is 3.40. The van der Waals surface area contributed by atoms with Gasteiger partial charge in [0.1, 0.15) is 0 Å². The van der Waals surface area contributed by atoms with Crippen LogP contribution >= 0.6 is 7.82 Å². The molecule has 0 aromatic carbocycles. The van der Waals surface area contributed by atoms with E-state index in [-0.39, 0.29) is 0 Å². The zero-order valence-electron chi connectivity index (χ0n) is 51.7. The van der Waals surface area contributed by atoms with E-state index in [1.54, 1.807) is 0 Å². The molecule has 0 atom stereocenters. The number of phosphoric ester groups is 1. The lowest BCUT2D eigenvalue weighted by Gasteiger charge is -2.18. The second-order valence-corrected chi connectivity index (χ2v) is 25.8. The summed E-state index contributed by atoms with van der Waals surface area (Å²) in [7, 11) is -3.51. The van der Waals surface area contributed by atoms with Gasteiger partial charge in [0.25, 0.3) is 0 Å². The van der Waals surface area contributed by atoms with Gasteiger partial charge in [0.2, 0.25) is 0 Å². The Kier molecular flexibility index (Phi) is 67.5. The first-order valence-corrected chi connectivity index (χ1v) is 36.7. The van der Waals surface area contributed by atoms with E-state index in [2.05, 4.69) is 20.8 Å². The maximum absolute atomic E-state index is 13.8. The number of rotatable bonds is 69. The second-order valence-electron chi connectivity index (χ2n) is 24.2. The summed E-state index contributed by atoms with van der Waals surface area (Å²) in [6.45, 7) is 8.36. The topological polar surface area (TPSA) is 44.8 Å². The number of phosphoric acid groups is 1. The predicted molar refractivity (Wildman–Crippen MR) is 333 cm³/mol. The van der Waals surface area contributed by atoms with Crippen molar-refractivity contribution in [3.05, 3.63) is 0 Å². The molecule has 0 saturated carbocycles. The lowest BCUT2D eigenvalue weighted by Crippen LogP contribution is -2.04. The van der Waals surface area contributed by atoms with Gasteiger partial charge in [0.05, 0.1) is 19.8 Å². The lowest BCUT2D eigenvalue weighted by molar-refractivity contribution is 0.108. The van der Waals surface area contributed by atoms with Crippen LogP contribution in [0.2, 0.25) is 0 Å². The summed E-state index contributed by atoms with van der Waals surface area (Å²) in [5.74, 6) is 0. The number of hydrogen-bond donors (Lipinski definition) is 0. The first kappa shape index (κ1) is 74.1. The van der Waals surface area contributed by atoms with Crippen LogP contribution in [0.1, 0.15) is 425 Å². The van der Waals surface area contributed by atoms with Crippen LogP contribution in [0.25, 0.3) is 0 Å². The van der Waals surface area contributed by atoms with E-state index in [9.17, 15) is 4.57 Å². The molecule has 0 bridgehead atoms. The lowest BCUT2D eigenvalue weighted by atomic mass is 10.0. The third kappa shape index (κ3) is 64.6. The number of unbranched alkanes of at least 4 members (excludes halogenated alkanes) is 60.